The van der Waals surface area contributed by atoms with Gasteiger partial charge in [-0.1, -0.05) is 24.3 Å². The summed E-state index contributed by atoms with van der Waals surface area (Å²) in [4.78, 5) is 43.2. The SMILES string of the molecule is Cc1nc2ccccc2c(=O)n1-c1ccc(C(=O)Nc2ccccc2C(=O)NCc2ccco2)cc1. The monoisotopic (exact) mass is 478 g/mol. The summed E-state index contributed by atoms with van der Waals surface area (Å²) in [5.41, 5.74) is 2.16. The Kier molecular flexibility index (Phi) is 6.15. The molecule has 0 aliphatic heterocycles. The van der Waals surface area contributed by atoms with Crippen molar-refractivity contribution in [3.63, 3.8) is 0 Å². The number of aromatic nitrogens is 2. The van der Waals surface area contributed by atoms with Crippen LogP contribution in [0.25, 0.3) is 16.6 Å². The standard InChI is InChI=1S/C28H22N4O4/c1-18-30-25-11-5-3-9-23(25)28(35)32(18)20-14-12-19(13-15-20)26(33)31-24-10-4-2-8-22(24)27(34)29-17-21-7-6-16-36-21/h2-16H,17H2,1H3,(H,29,34)(H,31,33). The Bertz CT molecular complexity index is 1620. The van der Waals surface area contributed by atoms with Gasteiger partial charge < -0.3 is 15.1 Å². The number of nitrogens with one attached hydrogen (secondary N) is 2. The highest BCUT2D eigenvalue weighted by Gasteiger charge is 2.15. The zero-order valence-electron chi connectivity index (χ0n) is 19.4. The smallest absolute Gasteiger partial charge is 0.265 e. The predicted molar refractivity (Wildman–Crippen MR) is 136 cm³/mol. The van der Waals surface area contributed by atoms with Crippen molar-refractivity contribution in [1.29, 1.82) is 0 Å². The maximum Gasteiger partial charge on any atom is 0.265 e. The maximum atomic E-state index is 13.0. The van der Waals surface area contributed by atoms with Crippen molar-refractivity contribution in [2.75, 3.05) is 5.32 Å². The quantitative estimate of drug-likeness (QED) is 0.375. The highest BCUT2D eigenvalue weighted by molar-refractivity contribution is 6.09. The highest BCUT2D eigenvalue weighted by Crippen LogP contribution is 2.18. The Morgan fingerprint density at radius 2 is 1.64 bits per heavy atom. The van der Waals surface area contributed by atoms with Crippen LogP contribution in [-0.4, -0.2) is 21.4 Å². The summed E-state index contributed by atoms with van der Waals surface area (Å²) in [7, 11) is 0. The largest absolute Gasteiger partial charge is 0.467 e. The zero-order chi connectivity index (χ0) is 25.1. The van der Waals surface area contributed by atoms with E-state index in [1.165, 1.54) is 10.8 Å². The summed E-state index contributed by atoms with van der Waals surface area (Å²) >= 11 is 0. The van der Waals surface area contributed by atoms with Crippen LogP contribution in [0.3, 0.4) is 0 Å². The van der Waals surface area contributed by atoms with E-state index in [1.54, 1.807) is 85.8 Å². The Labute approximate surface area is 206 Å². The number of benzene rings is 3. The van der Waals surface area contributed by atoms with Crippen LogP contribution in [0.15, 0.2) is 100 Å². The van der Waals surface area contributed by atoms with E-state index in [9.17, 15) is 14.4 Å². The molecule has 5 aromatic rings. The van der Waals surface area contributed by atoms with Crippen LogP contribution < -0.4 is 16.2 Å². The Balaban J connectivity index is 1.35. The molecule has 0 atom stereocenters. The lowest BCUT2D eigenvalue weighted by Crippen LogP contribution is -2.24. The second-order valence-electron chi connectivity index (χ2n) is 8.13. The summed E-state index contributed by atoms with van der Waals surface area (Å²) in [6.07, 6.45) is 1.54. The van der Waals surface area contributed by atoms with Crippen LogP contribution in [0.4, 0.5) is 5.69 Å². The number of hydrogen-bond donors (Lipinski definition) is 2. The van der Waals surface area contributed by atoms with Gasteiger partial charge in [0.1, 0.15) is 11.6 Å². The van der Waals surface area contributed by atoms with E-state index in [-0.39, 0.29) is 23.9 Å². The van der Waals surface area contributed by atoms with Gasteiger partial charge in [-0.2, -0.15) is 0 Å². The summed E-state index contributed by atoms with van der Waals surface area (Å²) in [5.74, 6) is 0.455. The van der Waals surface area contributed by atoms with E-state index < -0.39 is 0 Å². The number of amides is 2. The molecule has 0 saturated carbocycles. The van der Waals surface area contributed by atoms with Crippen molar-refractivity contribution in [2.45, 2.75) is 13.5 Å². The van der Waals surface area contributed by atoms with Crippen LogP contribution in [0.2, 0.25) is 0 Å². The second kappa shape index (κ2) is 9.71. The fourth-order valence-electron chi connectivity index (χ4n) is 3.97. The third kappa shape index (κ3) is 4.52. The molecule has 8 nitrogen and oxygen atoms in total. The molecule has 2 aromatic heterocycles. The molecule has 36 heavy (non-hydrogen) atoms. The fraction of sp³-hybridized carbons (Fsp3) is 0.0714. The predicted octanol–water partition coefficient (Wildman–Crippen LogP) is 4.47. The van der Waals surface area contributed by atoms with Gasteiger partial charge in [0.25, 0.3) is 17.4 Å². The van der Waals surface area contributed by atoms with Gasteiger partial charge >= 0.3 is 0 Å². The van der Waals surface area contributed by atoms with Gasteiger partial charge in [0, 0.05) is 5.56 Å². The van der Waals surface area contributed by atoms with E-state index in [2.05, 4.69) is 15.6 Å². The first-order valence-electron chi connectivity index (χ1n) is 11.3. The second-order valence-corrected chi connectivity index (χ2v) is 8.13. The number of carbonyl (C=O) groups excluding carboxylic acids is 2. The topological polar surface area (TPSA) is 106 Å². The zero-order valence-corrected chi connectivity index (χ0v) is 19.4. The Morgan fingerprint density at radius 3 is 2.42 bits per heavy atom. The molecule has 0 radical (unpaired) electrons. The molecule has 3 aromatic carbocycles. The van der Waals surface area contributed by atoms with E-state index in [1.807, 2.05) is 6.07 Å². The molecule has 8 heteroatoms. The fourth-order valence-corrected chi connectivity index (χ4v) is 3.97. The summed E-state index contributed by atoms with van der Waals surface area (Å²) < 4.78 is 6.76. The van der Waals surface area contributed by atoms with Crippen LogP contribution in [-0.2, 0) is 6.54 Å². The van der Waals surface area contributed by atoms with Gasteiger partial charge in [-0.15, -0.1) is 0 Å². The molecule has 0 aliphatic rings. The molecule has 0 bridgehead atoms. The summed E-state index contributed by atoms with van der Waals surface area (Å²) in [6.45, 7) is 2.00. The van der Waals surface area contributed by atoms with Gasteiger partial charge in [-0.3, -0.25) is 19.0 Å². The lowest BCUT2D eigenvalue weighted by atomic mass is 10.1. The van der Waals surface area contributed by atoms with Crippen molar-refractivity contribution in [3.05, 3.63) is 124 Å². The highest BCUT2D eigenvalue weighted by atomic mass is 16.3. The number of nitrogens with zero attached hydrogens (tertiary/aromatic N) is 2. The molecule has 2 N–H and O–H groups in total. The van der Waals surface area contributed by atoms with Crippen molar-refractivity contribution in [2.24, 2.45) is 0 Å². The number of anilines is 1. The van der Waals surface area contributed by atoms with E-state index in [0.29, 0.717) is 45.0 Å². The first kappa shape index (κ1) is 22.8. The lowest BCUT2D eigenvalue weighted by molar-refractivity contribution is 0.0949. The minimum absolute atomic E-state index is 0.176. The molecular weight excluding hydrogens is 456 g/mol. The number of carbonyl (C=O) groups is 2. The minimum atomic E-state index is -0.381. The van der Waals surface area contributed by atoms with Crippen LogP contribution in [0, 0.1) is 6.92 Å². The van der Waals surface area contributed by atoms with Crippen molar-refractivity contribution >= 4 is 28.4 Å². The molecule has 0 saturated heterocycles. The number of para-hydroxylation sites is 2. The van der Waals surface area contributed by atoms with Crippen molar-refractivity contribution in [3.8, 4) is 5.69 Å². The molecule has 2 heterocycles. The first-order chi connectivity index (χ1) is 17.5. The Hall–Kier alpha value is -4.98. The van der Waals surface area contributed by atoms with Crippen LogP contribution in [0.5, 0.6) is 0 Å². The average molecular weight is 479 g/mol. The summed E-state index contributed by atoms with van der Waals surface area (Å²) in [6, 6.07) is 24.1. The van der Waals surface area contributed by atoms with Crippen molar-refractivity contribution in [1.82, 2.24) is 14.9 Å². The molecular formula is C28H22N4O4. The number of aryl methyl sites for hydroxylation is 1. The first-order valence-corrected chi connectivity index (χ1v) is 11.3. The third-order valence-corrected chi connectivity index (χ3v) is 5.75. The van der Waals surface area contributed by atoms with Crippen LogP contribution in [0.1, 0.15) is 32.3 Å². The summed E-state index contributed by atoms with van der Waals surface area (Å²) in [5, 5.41) is 6.10. The van der Waals surface area contributed by atoms with Gasteiger partial charge in [0.2, 0.25) is 0 Å². The third-order valence-electron chi connectivity index (χ3n) is 5.75. The average Bonchev–Trinajstić information content (AvgIpc) is 3.42. The van der Waals surface area contributed by atoms with Gasteiger partial charge in [0.05, 0.1) is 40.6 Å². The maximum absolute atomic E-state index is 13.0. The Morgan fingerprint density at radius 1 is 0.889 bits per heavy atom. The number of furan rings is 1. The molecule has 0 aliphatic carbocycles. The van der Waals surface area contributed by atoms with E-state index >= 15 is 0 Å². The molecule has 5 rings (SSSR count). The molecule has 2 amide bonds. The van der Waals surface area contributed by atoms with Gasteiger partial charge in [0.15, 0.2) is 0 Å². The number of rotatable bonds is 6. The van der Waals surface area contributed by atoms with Crippen LogP contribution >= 0.6 is 0 Å². The molecule has 0 fully saturated rings. The minimum Gasteiger partial charge on any atom is -0.467 e. The molecule has 0 unspecified atom stereocenters. The van der Waals surface area contributed by atoms with Gasteiger partial charge in [-0.25, -0.2) is 4.98 Å². The normalized spacial score (nSPS) is 10.8. The van der Waals surface area contributed by atoms with Gasteiger partial charge in [-0.05, 0) is 67.6 Å². The van der Waals surface area contributed by atoms with Crippen molar-refractivity contribution < 1.29 is 14.0 Å². The molecule has 178 valence electrons. The lowest BCUT2D eigenvalue weighted by Gasteiger charge is -2.13. The number of fused-ring (bicyclic) bond motifs is 1. The number of hydrogen-bond acceptors (Lipinski definition) is 5. The van der Waals surface area contributed by atoms with E-state index in [0.717, 1.165) is 0 Å². The van der Waals surface area contributed by atoms with E-state index in [4.69, 9.17) is 4.42 Å². The molecule has 0 spiro atoms.